The van der Waals surface area contributed by atoms with E-state index in [1.54, 1.807) is 13.0 Å². The molecule has 1 atom stereocenters. The molecule has 3 rings (SSSR count). The molecule has 0 radical (unpaired) electrons. The Kier molecular flexibility index (Phi) is 7.26. The van der Waals surface area contributed by atoms with Gasteiger partial charge in [-0.15, -0.1) is 0 Å². The molecule has 0 aromatic carbocycles. The van der Waals surface area contributed by atoms with Crippen molar-refractivity contribution in [1.82, 2.24) is 19.9 Å². The van der Waals surface area contributed by atoms with Gasteiger partial charge in [0, 0.05) is 24.2 Å². The van der Waals surface area contributed by atoms with Crippen LogP contribution in [-0.2, 0) is 9.59 Å². The summed E-state index contributed by atoms with van der Waals surface area (Å²) >= 11 is 0. The maximum Gasteiger partial charge on any atom is 0.245 e. The van der Waals surface area contributed by atoms with Gasteiger partial charge in [-0.25, -0.2) is 9.97 Å². The Hall–Kier alpha value is -4.09. The molecule has 0 aliphatic heterocycles. The first-order valence-corrected chi connectivity index (χ1v) is 10.0. The van der Waals surface area contributed by atoms with Gasteiger partial charge in [-0.2, -0.15) is 10.5 Å². The molecule has 2 amide bonds. The number of nitrogens with zero attached hydrogens (tertiary/aromatic N) is 6. The monoisotopic (exact) mass is 434 g/mol. The third-order valence-electron chi connectivity index (χ3n) is 4.83. The molecule has 32 heavy (non-hydrogen) atoms. The number of aromatic nitrogens is 3. The molecule has 2 aromatic rings. The summed E-state index contributed by atoms with van der Waals surface area (Å²) in [4.78, 5) is 38.3. The lowest BCUT2D eigenvalue weighted by Gasteiger charge is -2.24. The Balaban J connectivity index is 1.76. The van der Waals surface area contributed by atoms with Gasteiger partial charge in [-0.3, -0.25) is 14.6 Å². The SMILES string of the molecule is C[C@H](Nc1cc(-c2cnc(NC(=O)C3CC3)cn2)cnc1C#N)C(=O)N(CC#N)CCO. The first-order chi connectivity index (χ1) is 15.5. The fourth-order valence-electron chi connectivity index (χ4n) is 2.96. The van der Waals surface area contributed by atoms with Crippen molar-refractivity contribution in [1.29, 1.82) is 10.5 Å². The molecule has 2 aromatic heterocycles. The summed E-state index contributed by atoms with van der Waals surface area (Å²) < 4.78 is 0. The van der Waals surface area contributed by atoms with Crippen LogP contribution in [0.25, 0.3) is 11.3 Å². The lowest BCUT2D eigenvalue weighted by Crippen LogP contribution is -2.43. The molecule has 11 nitrogen and oxygen atoms in total. The van der Waals surface area contributed by atoms with Crippen molar-refractivity contribution in [2.24, 2.45) is 5.92 Å². The number of carbonyl (C=O) groups excluding carboxylic acids is 2. The van der Waals surface area contributed by atoms with Crippen molar-refractivity contribution in [3.8, 4) is 23.4 Å². The minimum Gasteiger partial charge on any atom is -0.395 e. The highest BCUT2D eigenvalue weighted by molar-refractivity contribution is 5.93. The molecule has 3 N–H and O–H groups in total. The lowest BCUT2D eigenvalue weighted by molar-refractivity contribution is -0.131. The molecule has 11 heteroatoms. The highest BCUT2D eigenvalue weighted by Gasteiger charge is 2.29. The van der Waals surface area contributed by atoms with Crippen LogP contribution in [0.15, 0.2) is 24.7 Å². The van der Waals surface area contributed by atoms with Crippen molar-refractivity contribution in [2.75, 3.05) is 30.3 Å². The highest BCUT2D eigenvalue weighted by Crippen LogP contribution is 2.30. The molecule has 1 fully saturated rings. The third-order valence-corrected chi connectivity index (χ3v) is 4.83. The standard InChI is InChI=1S/C21H22N8O3/c1-13(21(32)29(5-4-22)6-7-30)27-16-8-15(10-24-17(16)9-23)18-11-26-19(12-25-18)28-20(31)14-2-3-14/h8,10-14,27,30H,2-3,5-7H2,1H3,(H,26,28,31)/t13-/m0/s1. The fourth-order valence-corrected chi connectivity index (χ4v) is 2.96. The van der Waals surface area contributed by atoms with Crippen LogP contribution in [0.2, 0.25) is 0 Å². The van der Waals surface area contributed by atoms with Gasteiger partial charge >= 0.3 is 0 Å². The van der Waals surface area contributed by atoms with E-state index < -0.39 is 11.9 Å². The van der Waals surface area contributed by atoms with E-state index >= 15 is 0 Å². The van der Waals surface area contributed by atoms with Crippen LogP contribution in [0.4, 0.5) is 11.5 Å². The van der Waals surface area contributed by atoms with Crippen LogP contribution in [0, 0.1) is 28.6 Å². The summed E-state index contributed by atoms with van der Waals surface area (Å²) in [5, 5.41) is 33.1. The molecule has 0 saturated heterocycles. The fraction of sp³-hybridized carbons (Fsp3) is 0.381. The zero-order valence-corrected chi connectivity index (χ0v) is 17.4. The smallest absolute Gasteiger partial charge is 0.245 e. The van der Waals surface area contributed by atoms with Crippen LogP contribution >= 0.6 is 0 Å². The Morgan fingerprint density at radius 2 is 2.03 bits per heavy atom. The predicted molar refractivity (Wildman–Crippen MR) is 114 cm³/mol. The van der Waals surface area contributed by atoms with Crippen LogP contribution in [0.1, 0.15) is 25.5 Å². The molecule has 0 spiro atoms. The normalized spacial score (nSPS) is 13.4. The highest BCUT2D eigenvalue weighted by atomic mass is 16.3. The number of anilines is 2. The Morgan fingerprint density at radius 3 is 2.62 bits per heavy atom. The largest absolute Gasteiger partial charge is 0.395 e. The van der Waals surface area contributed by atoms with Gasteiger partial charge in [-0.05, 0) is 25.8 Å². The van der Waals surface area contributed by atoms with E-state index in [2.05, 4.69) is 25.6 Å². The van der Waals surface area contributed by atoms with E-state index in [4.69, 9.17) is 10.4 Å². The first-order valence-electron chi connectivity index (χ1n) is 10.0. The van der Waals surface area contributed by atoms with Gasteiger partial charge in [0.15, 0.2) is 11.5 Å². The molecule has 0 bridgehead atoms. The molecular weight excluding hydrogens is 412 g/mol. The van der Waals surface area contributed by atoms with Crippen molar-refractivity contribution in [2.45, 2.75) is 25.8 Å². The average molecular weight is 434 g/mol. The van der Waals surface area contributed by atoms with Crippen LogP contribution < -0.4 is 10.6 Å². The number of carbonyl (C=O) groups is 2. The van der Waals surface area contributed by atoms with Gasteiger partial charge in [0.1, 0.15) is 18.7 Å². The zero-order valence-electron chi connectivity index (χ0n) is 17.4. The van der Waals surface area contributed by atoms with E-state index in [1.165, 1.54) is 23.5 Å². The molecule has 164 valence electrons. The molecule has 1 aliphatic carbocycles. The van der Waals surface area contributed by atoms with Gasteiger partial charge in [0.25, 0.3) is 0 Å². The Bertz CT molecular complexity index is 1070. The van der Waals surface area contributed by atoms with Gasteiger partial charge in [0.05, 0.1) is 36.5 Å². The van der Waals surface area contributed by atoms with E-state index in [0.717, 1.165) is 12.8 Å². The topological polar surface area (TPSA) is 168 Å². The molecule has 2 heterocycles. The minimum atomic E-state index is -0.773. The molecule has 0 unspecified atom stereocenters. The Labute approximate surface area is 184 Å². The van der Waals surface area contributed by atoms with E-state index in [-0.39, 0.29) is 37.2 Å². The number of hydrogen-bond donors (Lipinski definition) is 3. The summed E-state index contributed by atoms with van der Waals surface area (Å²) in [6.07, 6.45) is 6.18. The second-order valence-electron chi connectivity index (χ2n) is 7.29. The lowest BCUT2D eigenvalue weighted by atomic mass is 10.1. The summed E-state index contributed by atoms with van der Waals surface area (Å²) in [6.45, 7) is 1.19. The molecule has 1 saturated carbocycles. The molecular formula is C21H22N8O3. The van der Waals surface area contributed by atoms with Gasteiger partial charge in [0.2, 0.25) is 11.8 Å². The van der Waals surface area contributed by atoms with Gasteiger partial charge < -0.3 is 20.6 Å². The zero-order chi connectivity index (χ0) is 23.1. The predicted octanol–water partition coefficient (Wildman–Crippen LogP) is 0.904. The number of hydrogen-bond acceptors (Lipinski definition) is 9. The second-order valence-corrected chi connectivity index (χ2v) is 7.29. The Morgan fingerprint density at radius 1 is 1.25 bits per heavy atom. The number of nitrogens with one attached hydrogen (secondary N) is 2. The van der Waals surface area contributed by atoms with E-state index in [0.29, 0.717) is 22.8 Å². The van der Waals surface area contributed by atoms with E-state index in [9.17, 15) is 14.9 Å². The van der Waals surface area contributed by atoms with Gasteiger partial charge in [-0.1, -0.05) is 0 Å². The molecule has 1 aliphatic rings. The number of pyridine rings is 1. The quantitative estimate of drug-likeness (QED) is 0.486. The average Bonchev–Trinajstić information content (AvgIpc) is 3.64. The van der Waals surface area contributed by atoms with Crippen molar-refractivity contribution < 1.29 is 14.7 Å². The second kappa shape index (κ2) is 10.3. The van der Waals surface area contributed by atoms with Crippen LogP contribution in [0.5, 0.6) is 0 Å². The maximum absolute atomic E-state index is 12.6. The van der Waals surface area contributed by atoms with Crippen molar-refractivity contribution in [3.05, 3.63) is 30.4 Å². The van der Waals surface area contributed by atoms with Crippen molar-refractivity contribution in [3.63, 3.8) is 0 Å². The number of aliphatic hydroxyl groups is 1. The summed E-state index contributed by atoms with van der Waals surface area (Å²) in [6, 6.07) is 4.72. The van der Waals surface area contributed by atoms with Crippen LogP contribution in [0.3, 0.4) is 0 Å². The number of rotatable bonds is 9. The van der Waals surface area contributed by atoms with E-state index in [1.807, 2.05) is 12.1 Å². The first kappa shape index (κ1) is 22.6. The number of nitriles is 2. The summed E-state index contributed by atoms with van der Waals surface area (Å²) in [5.41, 5.74) is 1.44. The maximum atomic E-state index is 12.6. The number of aliphatic hydroxyl groups excluding tert-OH is 1. The van der Waals surface area contributed by atoms with Crippen molar-refractivity contribution >= 4 is 23.3 Å². The summed E-state index contributed by atoms with van der Waals surface area (Å²) in [7, 11) is 0. The van der Waals surface area contributed by atoms with Crippen LogP contribution in [-0.4, -0.2) is 62.5 Å². The number of amides is 2. The third kappa shape index (κ3) is 5.53. The minimum absolute atomic E-state index is 0.0288. The summed E-state index contributed by atoms with van der Waals surface area (Å²) in [5.74, 6) is -0.0559.